The van der Waals surface area contributed by atoms with E-state index in [4.69, 9.17) is 20.9 Å². The highest BCUT2D eigenvalue weighted by molar-refractivity contribution is 5.96. The molecule has 2 saturated heterocycles. The summed E-state index contributed by atoms with van der Waals surface area (Å²) in [7, 11) is 1.27. The number of hydrogen-bond donors (Lipinski definition) is 5. The van der Waals surface area contributed by atoms with E-state index < -0.39 is 59.8 Å². The van der Waals surface area contributed by atoms with Crippen LogP contribution < -0.4 is 32.2 Å². The van der Waals surface area contributed by atoms with Crippen LogP contribution in [0.2, 0.25) is 0 Å². The number of unbranched alkanes of at least 4 members (excludes halogenated alkanes) is 4. The number of esters is 1. The quantitative estimate of drug-likeness (QED) is 0.0419. The molecule has 2 heterocycles. The fourth-order valence-electron chi connectivity index (χ4n) is 8.17. The van der Waals surface area contributed by atoms with Gasteiger partial charge in [-0.05, 0) is 80.5 Å². The van der Waals surface area contributed by atoms with Gasteiger partial charge < -0.3 is 46.7 Å². The smallest absolute Gasteiger partial charge is 0.328 e. The highest BCUT2D eigenvalue weighted by Crippen LogP contribution is 2.24. The number of nitrogens with two attached hydrogens (primary N) is 2. The van der Waals surface area contributed by atoms with Crippen molar-refractivity contribution in [1.82, 2.24) is 25.8 Å². The van der Waals surface area contributed by atoms with E-state index in [0.29, 0.717) is 57.4 Å². The van der Waals surface area contributed by atoms with Crippen molar-refractivity contribution in [2.75, 3.05) is 26.7 Å². The van der Waals surface area contributed by atoms with Crippen LogP contribution in [0.25, 0.3) is 0 Å². The van der Waals surface area contributed by atoms with Gasteiger partial charge in [-0.25, -0.2) is 4.79 Å². The first kappa shape index (κ1) is 50.0. The number of hydrogen-bond acceptors (Lipinski definition) is 9. The molecular weight excluding hydrogens is 805 g/mol. The Hall–Kier alpha value is -5.67. The predicted octanol–water partition coefficient (Wildman–Crippen LogP) is 3.88. The molecule has 7 N–H and O–H groups in total. The summed E-state index contributed by atoms with van der Waals surface area (Å²) in [4.78, 5) is 89.5. The van der Waals surface area contributed by atoms with Crippen LogP contribution in [0.15, 0.2) is 59.6 Å². The van der Waals surface area contributed by atoms with Gasteiger partial charge in [-0.1, -0.05) is 88.9 Å². The lowest BCUT2D eigenvalue weighted by atomic mass is 10.00. The van der Waals surface area contributed by atoms with Gasteiger partial charge in [0, 0.05) is 32.5 Å². The Morgan fingerprint density at radius 3 is 2.06 bits per heavy atom. The van der Waals surface area contributed by atoms with Crippen LogP contribution in [-0.4, -0.2) is 108 Å². The Morgan fingerprint density at radius 2 is 1.41 bits per heavy atom. The number of likely N-dealkylation sites (tertiary alicyclic amines) is 2. The van der Waals surface area contributed by atoms with E-state index in [2.05, 4.69) is 27.9 Å². The molecule has 2 aliphatic heterocycles. The zero-order chi connectivity index (χ0) is 45.7. The maximum Gasteiger partial charge on any atom is 0.328 e. The van der Waals surface area contributed by atoms with Crippen molar-refractivity contribution in [1.29, 1.82) is 0 Å². The number of rotatable bonds is 25. The van der Waals surface area contributed by atoms with Crippen LogP contribution in [0, 0.1) is 5.92 Å². The molecule has 16 nitrogen and oxygen atoms in total. The number of carbonyl (C=O) groups is 6. The summed E-state index contributed by atoms with van der Waals surface area (Å²) in [5.41, 5.74) is 12.8. The number of guanidine groups is 1. The number of benzene rings is 2. The van der Waals surface area contributed by atoms with Gasteiger partial charge in [0.2, 0.25) is 29.5 Å². The molecule has 63 heavy (non-hydrogen) atoms. The Balaban J connectivity index is 1.49. The average Bonchev–Trinajstić information content (AvgIpc) is 3.97. The van der Waals surface area contributed by atoms with Crippen LogP contribution in [-0.2, 0) is 46.5 Å². The van der Waals surface area contributed by atoms with Crippen molar-refractivity contribution >= 4 is 41.5 Å². The maximum absolute atomic E-state index is 14.5. The Kier molecular flexibility index (Phi) is 20.7. The number of amides is 5. The lowest BCUT2D eigenvalue weighted by Gasteiger charge is -2.32. The predicted molar refractivity (Wildman–Crippen MR) is 241 cm³/mol. The molecule has 346 valence electrons. The van der Waals surface area contributed by atoms with Gasteiger partial charge in [0.05, 0.1) is 7.11 Å². The molecule has 2 aromatic carbocycles. The second-order valence-electron chi connectivity index (χ2n) is 17.0. The van der Waals surface area contributed by atoms with E-state index in [0.717, 1.165) is 36.8 Å². The zero-order valence-corrected chi connectivity index (χ0v) is 37.7. The molecule has 4 rings (SSSR count). The van der Waals surface area contributed by atoms with Crippen molar-refractivity contribution in [2.45, 2.75) is 147 Å². The average molecular weight is 875 g/mol. The van der Waals surface area contributed by atoms with Crippen LogP contribution in [0.1, 0.15) is 115 Å². The number of carbonyl (C=O) groups excluding carboxylic acids is 6. The number of aliphatic imine (C=N–C) groups is 1. The summed E-state index contributed by atoms with van der Waals surface area (Å²) in [5, 5.41) is 8.81. The molecule has 0 saturated carbocycles. The van der Waals surface area contributed by atoms with Crippen molar-refractivity contribution in [2.24, 2.45) is 22.4 Å². The first-order chi connectivity index (χ1) is 30.3. The monoisotopic (exact) mass is 875 g/mol. The van der Waals surface area contributed by atoms with Crippen molar-refractivity contribution < 1.29 is 38.2 Å². The highest BCUT2D eigenvalue weighted by atomic mass is 16.5. The largest absolute Gasteiger partial charge is 0.489 e. The van der Waals surface area contributed by atoms with E-state index in [1.165, 1.54) is 16.9 Å². The molecule has 2 fully saturated rings. The minimum atomic E-state index is -1.01. The first-order valence-electron chi connectivity index (χ1n) is 22.7. The molecule has 0 bridgehead atoms. The maximum atomic E-state index is 14.5. The molecular formula is C47H70N8O8. The molecule has 0 aromatic heterocycles. The topological polar surface area (TPSA) is 228 Å². The first-order valence-corrected chi connectivity index (χ1v) is 22.7. The lowest BCUT2D eigenvalue weighted by Crippen LogP contribution is -2.59. The van der Waals surface area contributed by atoms with Gasteiger partial charge in [0.1, 0.15) is 42.6 Å². The number of methoxy groups -OCH3 is 1. The third kappa shape index (κ3) is 16.2. The molecule has 16 heteroatoms. The van der Waals surface area contributed by atoms with Crippen LogP contribution in [0.5, 0.6) is 5.75 Å². The van der Waals surface area contributed by atoms with Gasteiger partial charge in [-0.2, -0.15) is 0 Å². The van der Waals surface area contributed by atoms with E-state index in [9.17, 15) is 28.8 Å². The Morgan fingerprint density at radius 1 is 0.762 bits per heavy atom. The van der Waals surface area contributed by atoms with Crippen LogP contribution >= 0.6 is 0 Å². The van der Waals surface area contributed by atoms with E-state index >= 15 is 0 Å². The summed E-state index contributed by atoms with van der Waals surface area (Å²) in [5.74, 6) is -2.07. The SMILES string of the molecule is CCCCCCCC(=O)N[C@@H](Cc1ccc(OCc2ccccc2)cc1)C(=O)N[C@@H](CC(C)C)C(=O)N1CCC[C@H]1C(=O)N[C@@H](CCCN=C(N)N)C(=O)N1CCC[C@H]1C(=O)OC. The third-order valence-corrected chi connectivity index (χ3v) is 11.5. The molecule has 0 spiro atoms. The molecule has 5 amide bonds. The van der Waals surface area contributed by atoms with Gasteiger partial charge in [0.25, 0.3) is 0 Å². The summed E-state index contributed by atoms with van der Waals surface area (Å²) < 4.78 is 10.9. The van der Waals surface area contributed by atoms with Gasteiger partial charge in [0.15, 0.2) is 5.96 Å². The fraction of sp³-hybridized carbons (Fsp3) is 0.596. The molecule has 0 aliphatic carbocycles. The highest BCUT2D eigenvalue weighted by Gasteiger charge is 2.42. The summed E-state index contributed by atoms with van der Waals surface area (Å²) in [6, 6.07) is 12.6. The number of nitrogens with zero attached hydrogens (tertiary/aromatic N) is 3. The minimum Gasteiger partial charge on any atom is -0.489 e. The Labute approximate surface area is 372 Å². The minimum absolute atomic E-state index is 0.0100. The van der Waals surface area contributed by atoms with Crippen molar-refractivity contribution in [3.8, 4) is 5.75 Å². The summed E-state index contributed by atoms with van der Waals surface area (Å²) in [6.07, 6.45) is 8.06. The van der Waals surface area contributed by atoms with Gasteiger partial charge in [-0.15, -0.1) is 0 Å². The third-order valence-electron chi connectivity index (χ3n) is 11.5. The van der Waals surface area contributed by atoms with Crippen LogP contribution in [0.3, 0.4) is 0 Å². The lowest BCUT2D eigenvalue weighted by molar-refractivity contribution is -0.152. The molecule has 2 aliphatic rings. The molecule has 0 radical (unpaired) electrons. The van der Waals surface area contributed by atoms with E-state index in [-0.39, 0.29) is 56.6 Å². The van der Waals surface area contributed by atoms with Crippen molar-refractivity contribution in [3.05, 3.63) is 65.7 Å². The second-order valence-corrected chi connectivity index (χ2v) is 17.0. The zero-order valence-electron chi connectivity index (χ0n) is 37.7. The van der Waals surface area contributed by atoms with Gasteiger partial charge >= 0.3 is 5.97 Å². The second kappa shape index (κ2) is 26.1. The standard InChI is InChI=1S/C47H70N8O8/c1-5-6-7-8-12-21-41(56)51-37(30-33-22-24-35(25-23-33)63-31-34-16-10-9-11-17-34)42(57)53-38(29-32(2)3)45(60)54-27-14-19-39(54)43(58)52-36(18-13-26-50-47(48)49)44(59)55-28-15-20-40(55)46(61)62-4/h9-11,16-17,22-25,32,36-40H,5-8,12-15,18-21,26-31H2,1-4H3,(H,51,56)(H,52,58)(H,53,57)(H4,48,49,50)/t36-,37-,38-,39-,40-/m0/s1. The normalized spacial score (nSPS) is 17.3. The molecule has 2 aromatic rings. The van der Waals surface area contributed by atoms with Crippen LogP contribution in [0.4, 0.5) is 0 Å². The molecule has 5 atom stereocenters. The fourth-order valence-corrected chi connectivity index (χ4v) is 8.17. The summed E-state index contributed by atoms with van der Waals surface area (Å²) >= 11 is 0. The molecule has 0 unspecified atom stereocenters. The van der Waals surface area contributed by atoms with Gasteiger partial charge in [-0.3, -0.25) is 29.0 Å². The number of ether oxygens (including phenoxy) is 2. The van der Waals surface area contributed by atoms with E-state index in [1.807, 2.05) is 68.4 Å². The van der Waals surface area contributed by atoms with Crippen molar-refractivity contribution in [3.63, 3.8) is 0 Å². The van der Waals surface area contributed by atoms with E-state index in [1.54, 1.807) is 0 Å². The summed E-state index contributed by atoms with van der Waals surface area (Å²) in [6.45, 7) is 7.25. The Bertz CT molecular complexity index is 1820. The number of nitrogens with one attached hydrogen (secondary N) is 3.